The van der Waals surface area contributed by atoms with Crippen LogP contribution >= 0.6 is 11.3 Å². The number of halogens is 1. The molecule has 0 radical (unpaired) electrons. The second-order valence-corrected chi connectivity index (χ2v) is 8.57. The van der Waals surface area contributed by atoms with Gasteiger partial charge in [-0.05, 0) is 44.4 Å². The Labute approximate surface area is 182 Å². The maximum Gasteiger partial charge on any atom is 0.259 e. The second kappa shape index (κ2) is 8.74. The van der Waals surface area contributed by atoms with E-state index >= 15 is 0 Å². The van der Waals surface area contributed by atoms with Gasteiger partial charge in [-0.2, -0.15) is 0 Å². The van der Waals surface area contributed by atoms with Gasteiger partial charge in [0.1, 0.15) is 40.9 Å². The lowest BCUT2D eigenvalue weighted by atomic mass is 10.1. The topological polar surface area (TPSA) is 114 Å². The van der Waals surface area contributed by atoms with Crippen molar-refractivity contribution in [1.29, 1.82) is 0 Å². The molecule has 0 saturated carbocycles. The number of anilines is 2. The Morgan fingerprint density at radius 3 is 2.81 bits per heavy atom. The number of nitrogens with zero attached hydrogens (tertiary/aromatic N) is 3. The normalized spacial score (nSPS) is 16.4. The van der Waals surface area contributed by atoms with Crippen LogP contribution in [0.1, 0.15) is 35.0 Å². The minimum Gasteiger partial charge on any atom is -0.488 e. The molecular formula is C21H24FN5O3S. The molecule has 2 aromatic heterocycles. The Bertz CT molecular complexity index is 1110. The number of nitrogens with two attached hydrogens (primary N) is 1. The molecule has 31 heavy (non-hydrogen) atoms. The number of ether oxygens (including phenoxy) is 1. The van der Waals surface area contributed by atoms with Crippen molar-refractivity contribution in [2.75, 3.05) is 18.4 Å². The van der Waals surface area contributed by atoms with Crippen LogP contribution in [0.2, 0.25) is 0 Å². The fourth-order valence-corrected chi connectivity index (χ4v) is 4.77. The number of aliphatic hydroxyl groups is 1. The molecule has 10 heteroatoms. The highest BCUT2D eigenvalue weighted by molar-refractivity contribution is 7.20. The first-order valence-electron chi connectivity index (χ1n) is 10.0. The van der Waals surface area contributed by atoms with Crippen molar-refractivity contribution in [2.24, 2.45) is 5.73 Å². The van der Waals surface area contributed by atoms with E-state index in [1.165, 1.54) is 29.8 Å². The average molecular weight is 446 g/mol. The number of primary amides is 1. The Morgan fingerprint density at radius 1 is 1.39 bits per heavy atom. The van der Waals surface area contributed by atoms with Crippen molar-refractivity contribution < 1.29 is 19.0 Å². The Morgan fingerprint density at radius 2 is 2.13 bits per heavy atom. The lowest BCUT2D eigenvalue weighted by Gasteiger charge is -2.34. The predicted molar refractivity (Wildman–Crippen MR) is 117 cm³/mol. The lowest BCUT2D eigenvalue weighted by molar-refractivity contribution is -0.0162. The molecule has 3 aromatic rings. The summed E-state index contributed by atoms with van der Waals surface area (Å²) in [6.07, 6.45) is 2.27. The first kappa shape index (κ1) is 21.4. The fourth-order valence-electron chi connectivity index (χ4n) is 3.77. The number of amides is 1. The third-order valence-corrected chi connectivity index (χ3v) is 6.66. The van der Waals surface area contributed by atoms with Gasteiger partial charge in [0.15, 0.2) is 0 Å². The molecule has 1 saturated heterocycles. The molecule has 4 rings (SSSR count). The molecule has 0 bridgehead atoms. The second-order valence-electron chi connectivity index (χ2n) is 7.57. The zero-order valence-electron chi connectivity index (χ0n) is 17.3. The van der Waals surface area contributed by atoms with E-state index in [0.29, 0.717) is 51.0 Å². The van der Waals surface area contributed by atoms with Gasteiger partial charge in [-0.15, -0.1) is 11.3 Å². The van der Waals surface area contributed by atoms with Gasteiger partial charge in [0.05, 0.1) is 16.0 Å². The van der Waals surface area contributed by atoms with E-state index in [1.54, 1.807) is 19.9 Å². The van der Waals surface area contributed by atoms with E-state index in [-0.39, 0.29) is 6.10 Å². The maximum atomic E-state index is 14.0. The lowest BCUT2D eigenvalue weighted by Crippen LogP contribution is -2.42. The van der Waals surface area contributed by atoms with Crippen LogP contribution < -0.4 is 15.8 Å². The first-order chi connectivity index (χ1) is 14.8. The van der Waals surface area contributed by atoms with Crippen LogP contribution in [0.4, 0.5) is 15.9 Å². The monoisotopic (exact) mass is 445 g/mol. The molecule has 1 atom stereocenters. The molecule has 3 heterocycles. The Balaban J connectivity index is 1.61. The van der Waals surface area contributed by atoms with Crippen molar-refractivity contribution >= 4 is 39.0 Å². The van der Waals surface area contributed by atoms with E-state index in [0.717, 1.165) is 12.8 Å². The molecular weight excluding hydrogens is 421 g/mol. The van der Waals surface area contributed by atoms with E-state index in [1.807, 2.05) is 4.90 Å². The molecule has 0 spiro atoms. The zero-order valence-corrected chi connectivity index (χ0v) is 18.1. The van der Waals surface area contributed by atoms with E-state index < -0.39 is 18.0 Å². The number of carbonyl (C=O) groups is 1. The van der Waals surface area contributed by atoms with E-state index in [2.05, 4.69) is 15.3 Å². The molecule has 1 amide bonds. The third-order valence-electron chi connectivity index (χ3n) is 5.45. The number of aliphatic hydroxyl groups excluding tert-OH is 1. The zero-order chi connectivity index (χ0) is 22.1. The highest BCUT2D eigenvalue weighted by Gasteiger charge is 2.24. The number of aryl methyl sites for hydroxylation is 1. The highest BCUT2D eigenvalue weighted by Crippen LogP contribution is 2.37. The van der Waals surface area contributed by atoms with Crippen LogP contribution in [-0.2, 0) is 0 Å². The number of likely N-dealkylation sites (tertiary alicyclic amines) is 1. The quantitative estimate of drug-likeness (QED) is 0.534. The van der Waals surface area contributed by atoms with Gasteiger partial charge < -0.3 is 20.9 Å². The summed E-state index contributed by atoms with van der Waals surface area (Å²) in [6, 6.07) is 4.29. The summed E-state index contributed by atoms with van der Waals surface area (Å²) >= 11 is 1.21. The number of rotatable bonds is 6. The molecule has 1 unspecified atom stereocenters. The van der Waals surface area contributed by atoms with Crippen molar-refractivity contribution in [3.63, 3.8) is 0 Å². The molecule has 1 fully saturated rings. The number of thiophene rings is 1. The third kappa shape index (κ3) is 4.46. The van der Waals surface area contributed by atoms with Crippen LogP contribution in [-0.4, -0.2) is 51.3 Å². The van der Waals surface area contributed by atoms with Gasteiger partial charge in [0.25, 0.3) is 5.91 Å². The van der Waals surface area contributed by atoms with Crippen molar-refractivity contribution in [3.8, 4) is 5.75 Å². The van der Waals surface area contributed by atoms with Gasteiger partial charge in [0.2, 0.25) is 0 Å². The fraction of sp³-hybridized carbons (Fsp3) is 0.381. The van der Waals surface area contributed by atoms with Crippen LogP contribution in [0, 0.1) is 12.7 Å². The van der Waals surface area contributed by atoms with Gasteiger partial charge in [-0.3, -0.25) is 9.69 Å². The number of nitrogens with one attached hydrogen (secondary N) is 1. The summed E-state index contributed by atoms with van der Waals surface area (Å²) in [6.45, 7) is 4.95. The van der Waals surface area contributed by atoms with Crippen LogP contribution in [0.25, 0.3) is 10.2 Å². The summed E-state index contributed by atoms with van der Waals surface area (Å²) < 4.78 is 20.1. The molecule has 4 N–H and O–H groups in total. The highest BCUT2D eigenvalue weighted by atomic mass is 32.1. The van der Waals surface area contributed by atoms with Crippen LogP contribution in [0.15, 0.2) is 24.5 Å². The number of fused-ring (bicyclic) bond motifs is 1. The summed E-state index contributed by atoms with van der Waals surface area (Å²) in [4.78, 5) is 23.3. The predicted octanol–water partition coefficient (Wildman–Crippen LogP) is 3.16. The number of aromatic nitrogens is 2. The molecule has 1 aliphatic heterocycles. The molecule has 8 nitrogen and oxygen atoms in total. The molecule has 1 aromatic carbocycles. The van der Waals surface area contributed by atoms with Gasteiger partial charge in [-0.1, -0.05) is 0 Å². The van der Waals surface area contributed by atoms with Crippen molar-refractivity contribution in [1.82, 2.24) is 14.9 Å². The Kier molecular flexibility index (Phi) is 6.03. The van der Waals surface area contributed by atoms with Crippen LogP contribution in [0.5, 0.6) is 5.75 Å². The number of benzene rings is 1. The minimum atomic E-state index is -0.513. The summed E-state index contributed by atoms with van der Waals surface area (Å²) in [5.41, 5.74) is 6.74. The van der Waals surface area contributed by atoms with Crippen LogP contribution in [0.3, 0.4) is 0 Å². The largest absolute Gasteiger partial charge is 0.488 e. The number of carbonyl (C=O) groups excluding carboxylic acids is 1. The van der Waals surface area contributed by atoms with Crippen molar-refractivity contribution in [2.45, 2.75) is 39.0 Å². The summed E-state index contributed by atoms with van der Waals surface area (Å²) in [5, 5.41) is 13.6. The smallest absolute Gasteiger partial charge is 0.259 e. The van der Waals surface area contributed by atoms with Crippen molar-refractivity contribution in [3.05, 3.63) is 40.8 Å². The number of hydrogen-bond donors (Lipinski definition) is 3. The molecule has 1 aliphatic rings. The number of hydrogen-bond acceptors (Lipinski definition) is 8. The number of piperidine rings is 1. The van der Waals surface area contributed by atoms with Gasteiger partial charge in [0, 0.05) is 19.2 Å². The average Bonchev–Trinajstić information content (AvgIpc) is 3.08. The minimum absolute atomic E-state index is 0.0906. The standard InChI is InChI=1S/C21H24FN5O3S/c1-11-17-20(24-10-25-21(17)31-18(11)19(23)29)26-15-4-3-13(22)9-16(15)30-14-5-7-27(8-6-14)12(2)28/h3-4,9-10,12,14,28H,5-8H2,1-2H3,(H2,23,29)(H,24,25,26). The summed E-state index contributed by atoms with van der Waals surface area (Å²) in [5.74, 6) is -0.0461. The van der Waals surface area contributed by atoms with E-state index in [4.69, 9.17) is 10.5 Å². The van der Waals surface area contributed by atoms with Gasteiger partial charge >= 0.3 is 0 Å². The van der Waals surface area contributed by atoms with Gasteiger partial charge in [-0.25, -0.2) is 14.4 Å². The first-order valence-corrected chi connectivity index (χ1v) is 10.8. The molecule has 0 aliphatic carbocycles. The maximum absolute atomic E-state index is 14.0. The summed E-state index contributed by atoms with van der Waals surface area (Å²) in [7, 11) is 0. The molecule has 164 valence electrons. The SMILES string of the molecule is Cc1c(C(N)=O)sc2ncnc(Nc3ccc(F)cc3OC3CCN(C(C)O)CC3)c12. The van der Waals surface area contributed by atoms with E-state index in [9.17, 15) is 14.3 Å². The Hall–Kier alpha value is -2.82.